The van der Waals surface area contributed by atoms with Crippen molar-refractivity contribution in [1.82, 2.24) is 9.88 Å². The monoisotopic (exact) mass is 304 g/mol. The van der Waals surface area contributed by atoms with Crippen molar-refractivity contribution in [3.05, 3.63) is 29.3 Å². The Morgan fingerprint density at radius 1 is 1.33 bits per heavy atom. The smallest absolute Gasteiger partial charge is 0.303 e. The van der Waals surface area contributed by atoms with Gasteiger partial charge < -0.3 is 10.0 Å². The third-order valence-electron chi connectivity index (χ3n) is 3.72. The van der Waals surface area contributed by atoms with Crippen LogP contribution < -0.4 is 0 Å². The van der Waals surface area contributed by atoms with Crippen molar-refractivity contribution in [2.45, 2.75) is 31.7 Å². The van der Waals surface area contributed by atoms with E-state index in [4.69, 9.17) is 5.11 Å². The molecule has 1 aliphatic rings. The molecule has 0 saturated carbocycles. The molecule has 21 heavy (non-hydrogen) atoms. The lowest BCUT2D eigenvalue weighted by Gasteiger charge is -2.22. The first-order chi connectivity index (χ1) is 10.1. The molecule has 2 heterocycles. The van der Waals surface area contributed by atoms with Gasteiger partial charge in [0.1, 0.15) is 5.01 Å². The molecule has 0 spiro atoms. The number of aliphatic carboxylic acids is 1. The van der Waals surface area contributed by atoms with E-state index in [9.17, 15) is 9.59 Å². The number of carboxylic acid groups (broad SMARTS) is 1. The van der Waals surface area contributed by atoms with Gasteiger partial charge in [0.15, 0.2) is 0 Å². The van der Waals surface area contributed by atoms with Crippen molar-refractivity contribution in [2.24, 2.45) is 0 Å². The Balaban J connectivity index is 1.79. The molecular weight excluding hydrogens is 288 g/mol. The van der Waals surface area contributed by atoms with Crippen LogP contribution in [-0.4, -0.2) is 33.4 Å². The molecule has 1 atom stereocenters. The standard InChI is InChI=1S/C15H16N2O3S/c18-13(7-8-14(19)20)17-9-3-5-11(17)15-16-10-4-1-2-6-12(10)21-15/h1-2,4,6,11H,3,5,7-9H2,(H,19,20)/t11-/m0/s1. The number of carboxylic acids is 1. The predicted molar refractivity (Wildman–Crippen MR) is 80.2 cm³/mol. The maximum atomic E-state index is 12.2. The van der Waals surface area contributed by atoms with Gasteiger partial charge in [-0.05, 0) is 25.0 Å². The number of nitrogens with zero attached hydrogens (tertiary/aromatic N) is 2. The first-order valence-electron chi connectivity index (χ1n) is 7.02. The highest BCUT2D eigenvalue weighted by molar-refractivity contribution is 7.18. The Morgan fingerprint density at radius 2 is 2.14 bits per heavy atom. The van der Waals surface area contributed by atoms with Crippen LogP contribution in [0.25, 0.3) is 10.2 Å². The highest BCUT2D eigenvalue weighted by Crippen LogP contribution is 2.36. The molecule has 1 aliphatic heterocycles. The number of aromatic nitrogens is 1. The minimum absolute atomic E-state index is 0.00342. The summed E-state index contributed by atoms with van der Waals surface area (Å²) in [5, 5.41) is 9.66. The predicted octanol–water partition coefficient (Wildman–Crippen LogP) is 2.82. The van der Waals surface area contributed by atoms with Crippen LogP contribution in [0.4, 0.5) is 0 Å². The Kier molecular flexibility index (Phi) is 3.88. The number of para-hydroxylation sites is 1. The lowest BCUT2D eigenvalue weighted by Crippen LogP contribution is -2.30. The topological polar surface area (TPSA) is 70.5 Å². The van der Waals surface area contributed by atoms with Crippen molar-refractivity contribution in [3.63, 3.8) is 0 Å². The van der Waals surface area contributed by atoms with Crippen LogP contribution in [-0.2, 0) is 9.59 Å². The normalized spacial score (nSPS) is 18.3. The lowest BCUT2D eigenvalue weighted by molar-refractivity contribution is -0.141. The summed E-state index contributed by atoms with van der Waals surface area (Å²) in [5.41, 5.74) is 0.960. The molecule has 1 amide bonds. The third-order valence-corrected chi connectivity index (χ3v) is 4.86. The average Bonchev–Trinajstić information content (AvgIpc) is 3.10. The maximum absolute atomic E-state index is 12.2. The summed E-state index contributed by atoms with van der Waals surface area (Å²) in [7, 11) is 0. The van der Waals surface area contributed by atoms with E-state index >= 15 is 0 Å². The van der Waals surface area contributed by atoms with E-state index in [1.165, 1.54) is 0 Å². The Hall–Kier alpha value is -1.95. The first-order valence-corrected chi connectivity index (χ1v) is 7.83. The van der Waals surface area contributed by atoms with E-state index in [1.54, 1.807) is 16.2 Å². The number of fused-ring (bicyclic) bond motifs is 1. The van der Waals surface area contributed by atoms with Crippen molar-refractivity contribution in [2.75, 3.05) is 6.54 Å². The van der Waals surface area contributed by atoms with E-state index in [0.29, 0.717) is 6.54 Å². The largest absolute Gasteiger partial charge is 0.481 e. The molecule has 6 heteroatoms. The highest BCUT2D eigenvalue weighted by atomic mass is 32.1. The number of rotatable bonds is 4. The van der Waals surface area contributed by atoms with E-state index in [-0.39, 0.29) is 24.8 Å². The SMILES string of the molecule is O=C(O)CCC(=O)N1CCC[C@H]1c1nc2ccccc2s1. The van der Waals surface area contributed by atoms with Gasteiger partial charge in [0, 0.05) is 13.0 Å². The molecule has 5 nitrogen and oxygen atoms in total. The van der Waals surface area contributed by atoms with Crippen LogP contribution >= 0.6 is 11.3 Å². The van der Waals surface area contributed by atoms with Gasteiger partial charge in [0.2, 0.25) is 5.91 Å². The molecule has 1 aromatic carbocycles. The molecule has 1 saturated heterocycles. The van der Waals surface area contributed by atoms with Gasteiger partial charge in [-0.3, -0.25) is 9.59 Å². The van der Waals surface area contributed by atoms with Crippen molar-refractivity contribution < 1.29 is 14.7 Å². The number of carbonyl (C=O) groups is 2. The molecule has 3 rings (SSSR count). The lowest BCUT2D eigenvalue weighted by atomic mass is 10.2. The number of thiazole rings is 1. The summed E-state index contributed by atoms with van der Waals surface area (Å²) < 4.78 is 1.12. The number of hydrogen-bond donors (Lipinski definition) is 1. The van der Waals surface area contributed by atoms with Crippen LogP contribution in [0.3, 0.4) is 0 Å². The second-order valence-corrected chi connectivity index (χ2v) is 6.22. The molecule has 0 aliphatic carbocycles. The molecular formula is C15H16N2O3S. The Morgan fingerprint density at radius 3 is 2.90 bits per heavy atom. The minimum Gasteiger partial charge on any atom is -0.481 e. The first kappa shape index (κ1) is 14.0. The van der Waals surface area contributed by atoms with Crippen LogP contribution in [0.5, 0.6) is 0 Å². The number of likely N-dealkylation sites (tertiary alicyclic amines) is 1. The summed E-state index contributed by atoms with van der Waals surface area (Å²) >= 11 is 1.62. The fourth-order valence-corrected chi connectivity index (χ4v) is 3.83. The quantitative estimate of drug-likeness (QED) is 0.943. The number of amides is 1. The zero-order chi connectivity index (χ0) is 14.8. The molecule has 1 aromatic heterocycles. The van der Waals surface area contributed by atoms with Gasteiger partial charge in [0.05, 0.1) is 22.7 Å². The second kappa shape index (κ2) is 5.81. The number of benzene rings is 1. The van der Waals surface area contributed by atoms with Crippen molar-refractivity contribution in [3.8, 4) is 0 Å². The summed E-state index contributed by atoms with van der Waals surface area (Å²) in [6.07, 6.45) is 1.80. The summed E-state index contributed by atoms with van der Waals surface area (Å²) in [5.74, 6) is -1.02. The van der Waals surface area contributed by atoms with Crippen LogP contribution in [0.1, 0.15) is 36.7 Å². The molecule has 1 fully saturated rings. The minimum atomic E-state index is -0.931. The van der Waals surface area contributed by atoms with Crippen LogP contribution in [0, 0.1) is 0 Å². The molecule has 110 valence electrons. The summed E-state index contributed by atoms with van der Waals surface area (Å²) in [6.45, 7) is 0.693. The van der Waals surface area contributed by atoms with E-state index in [1.807, 2.05) is 24.3 Å². The van der Waals surface area contributed by atoms with Gasteiger partial charge in [-0.25, -0.2) is 4.98 Å². The fourth-order valence-electron chi connectivity index (χ4n) is 2.71. The number of carbonyl (C=O) groups excluding carboxylic acids is 1. The molecule has 0 bridgehead atoms. The number of hydrogen-bond acceptors (Lipinski definition) is 4. The molecule has 0 radical (unpaired) electrons. The third kappa shape index (κ3) is 2.90. The van der Waals surface area contributed by atoms with E-state index < -0.39 is 5.97 Å². The van der Waals surface area contributed by atoms with Gasteiger partial charge in [-0.1, -0.05) is 12.1 Å². The van der Waals surface area contributed by atoms with Gasteiger partial charge in [-0.15, -0.1) is 11.3 Å². The fraction of sp³-hybridized carbons (Fsp3) is 0.400. The van der Waals surface area contributed by atoms with E-state index in [2.05, 4.69) is 4.98 Å². The van der Waals surface area contributed by atoms with Gasteiger partial charge in [0.25, 0.3) is 0 Å². The van der Waals surface area contributed by atoms with Crippen molar-refractivity contribution in [1.29, 1.82) is 0 Å². The van der Waals surface area contributed by atoms with E-state index in [0.717, 1.165) is 28.1 Å². The zero-order valence-corrected chi connectivity index (χ0v) is 12.3. The second-order valence-electron chi connectivity index (χ2n) is 5.16. The van der Waals surface area contributed by atoms with Crippen LogP contribution in [0.15, 0.2) is 24.3 Å². The maximum Gasteiger partial charge on any atom is 0.303 e. The van der Waals surface area contributed by atoms with Gasteiger partial charge in [-0.2, -0.15) is 0 Å². The molecule has 0 unspecified atom stereocenters. The summed E-state index contributed by atoms with van der Waals surface area (Å²) in [4.78, 5) is 29.2. The Bertz CT molecular complexity index is 649. The van der Waals surface area contributed by atoms with Crippen molar-refractivity contribution >= 4 is 33.4 Å². The van der Waals surface area contributed by atoms with Gasteiger partial charge >= 0.3 is 5.97 Å². The Labute approximate surface area is 126 Å². The zero-order valence-electron chi connectivity index (χ0n) is 11.5. The summed E-state index contributed by atoms with van der Waals surface area (Å²) in [6, 6.07) is 7.94. The average molecular weight is 304 g/mol. The molecule has 1 N–H and O–H groups in total. The molecule has 2 aromatic rings. The highest BCUT2D eigenvalue weighted by Gasteiger charge is 2.32. The van der Waals surface area contributed by atoms with Crippen LogP contribution in [0.2, 0.25) is 0 Å².